The van der Waals surface area contributed by atoms with E-state index in [9.17, 15) is 5.11 Å². The number of aromatic nitrogens is 3. The van der Waals surface area contributed by atoms with E-state index >= 15 is 0 Å². The summed E-state index contributed by atoms with van der Waals surface area (Å²) < 4.78 is 8.78. The number of para-hydroxylation sites is 1. The molecule has 0 aliphatic rings. The highest BCUT2D eigenvalue weighted by molar-refractivity contribution is 6.15. The molecule has 0 saturated carbocycles. The lowest BCUT2D eigenvalue weighted by Crippen LogP contribution is -2.17. The maximum atomic E-state index is 12.6. The average molecular weight is 880 g/mol. The number of imidazole rings is 1. The molecule has 0 radical (unpaired) electrons. The first kappa shape index (κ1) is 43.9. The van der Waals surface area contributed by atoms with Crippen molar-refractivity contribution in [3.8, 4) is 56.3 Å². The smallest absolute Gasteiger partial charge is 0.153 e. The number of aromatic hydroxyl groups is 1. The van der Waals surface area contributed by atoms with Crippen LogP contribution in [0, 0.1) is 0 Å². The van der Waals surface area contributed by atoms with Gasteiger partial charge in [0.25, 0.3) is 0 Å². The third-order valence-electron chi connectivity index (χ3n) is 13.6. The molecule has 336 valence electrons. The number of pyridine rings is 1. The van der Waals surface area contributed by atoms with Gasteiger partial charge in [0.05, 0.1) is 34.2 Å². The number of fused-ring (bicyclic) bond motifs is 6. The Labute approximate surface area is 395 Å². The molecule has 0 fully saturated rings. The minimum Gasteiger partial charge on any atom is -0.507 e. The molecule has 3 aromatic heterocycles. The molecule has 0 unspecified atom stereocenters. The zero-order chi connectivity index (χ0) is 47.4. The summed E-state index contributed by atoms with van der Waals surface area (Å²) in [5.41, 5.74) is 15.0. The van der Waals surface area contributed by atoms with Crippen molar-refractivity contribution in [3.05, 3.63) is 168 Å². The van der Waals surface area contributed by atoms with Crippen LogP contribution in [0.1, 0.15) is 105 Å². The van der Waals surface area contributed by atoms with Crippen LogP contribution in [0.15, 0.2) is 150 Å². The average Bonchev–Trinajstić information content (AvgIpc) is 3.86. The van der Waals surface area contributed by atoms with Gasteiger partial charge in [-0.3, -0.25) is 9.55 Å². The number of hydrogen-bond donors (Lipinski definition) is 1. The van der Waals surface area contributed by atoms with E-state index < -0.39 is 0 Å². The standard InChI is InChI=1S/C62H61N3O2/c1-59(2,3)41-26-28-52(47(32-41)37-19-14-13-15-20-37)65-53-24-18-23-44(55(53)64-58(65)49-33-43(61(7,8)9)34-50(56(49)66)62(10,11)12)39-29-40(31-42(30-39)60(4,5)6)51-35-48-46-27-25-38-21-16-17-22-45(38)57(46)67-54(48)36-63-51/h13-36,66H,1-12H3. The maximum absolute atomic E-state index is 12.6. The summed E-state index contributed by atoms with van der Waals surface area (Å²) in [6.45, 7) is 26.8. The van der Waals surface area contributed by atoms with Gasteiger partial charge in [-0.25, -0.2) is 4.98 Å². The predicted octanol–water partition coefficient (Wildman–Crippen LogP) is 17.0. The van der Waals surface area contributed by atoms with Gasteiger partial charge in [0, 0.05) is 38.4 Å². The molecule has 67 heavy (non-hydrogen) atoms. The first-order valence-electron chi connectivity index (χ1n) is 23.6. The molecule has 3 heterocycles. The monoisotopic (exact) mass is 879 g/mol. The Hall–Kier alpha value is -6.98. The summed E-state index contributed by atoms with van der Waals surface area (Å²) in [5.74, 6) is 0.945. The number of hydrogen-bond acceptors (Lipinski definition) is 4. The van der Waals surface area contributed by atoms with E-state index in [0.29, 0.717) is 11.4 Å². The Morgan fingerprint density at radius 3 is 1.88 bits per heavy atom. The first-order valence-corrected chi connectivity index (χ1v) is 23.6. The van der Waals surface area contributed by atoms with Crippen LogP contribution in [0.2, 0.25) is 0 Å². The lowest BCUT2D eigenvalue weighted by molar-refractivity contribution is 0.446. The number of rotatable bonds is 5. The van der Waals surface area contributed by atoms with Crippen LogP contribution in [0.4, 0.5) is 0 Å². The Morgan fingerprint density at radius 1 is 0.493 bits per heavy atom. The van der Waals surface area contributed by atoms with E-state index in [1.54, 1.807) is 0 Å². The van der Waals surface area contributed by atoms with Gasteiger partial charge in [-0.1, -0.05) is 174 Å². The third kappa shape index (κ3) is 7.78. The largest absolute Gasteiger partial charge is 0.507 e. The lowest BCUT2D eigenvalue weighted by Gasteiger charge is -2.28. The molecule has 0 aliphatic carbocycles. The lowest BCUT2D eigenvalue weighted by atomic mass is 9.79. The summed E-state index contributed by atoms with van der Waals surface area (Å²) in [5, 5.41) is 16.9. The first-order chi connectivity index (χ1) is 31.6. The molecular weight excluding hydrogens is 819 g/mol. The molecule has 10 aromatic rings. The number of benzene rings is 7. The minimum atomic E-state index is -0.330. The van der Waals surface area contributed by atoms with Crippen LogP contribution < -0.4 is 0 Å². The highest BCUT2D eigenvalue weighted by Gasteiger charge is 2.30. The molecule has 10 rings (SSSR count). The van der Waals surface area contributed by atoms with Gasteiger partial charge >= 0.3 is 0 Å². The van der Waals surface area contributed by atoms with Gasteiger partial charge in [0.1, 0.15) is 17.2 Å². The van der Waals surface area contributed by atoms with Gasteiger partial charge < -0.3 is 9.52 Å². The zero-order valence-electron chi connectivity index (χ0n) is 41.1. The summed E-state index contributed by atoms with van der Waals surface area (Å²) in [4.78, 5) is 10.8. The molecule has 0 amide bonds. The number of nitrogens with zero attached hydrogens (tertiary/aromatic N) is 3. The van der Waals surface area contributed by atoms with Crippen molar-refractivity contribution in [2.24, 2.45) is 0 Å². The molecule has 0 aliphatic heterocycles. The van der Waals surface area contributed by atoms with E-state index in [0.717, 1.165) is 94.1 Å². The third-order valence-corrected chi connectivity index (χ3v) is 13.6. The molecule has 5 heteroatoms. The fourth-order valence-electron chi connectivity index (χ4n) is 9.54. The molecule has 0 atom stereocenters. The number of furan rings is 1. The van der Waals surface area contributed by atoms with Gasteiger partial charge in [0.15, 0.2) is 5.58 Å². The van der Waals surface area contributed by atoms with Crippen molar-refractivity contribution in [2.45, 2.75) is 105 Å². The molecule has 1 N–H and O–H groups in total. The van der Waals surface area contributed by atoms with E-state index in [4.69, 9.17) is 14.4 Å². The Balaban J connectivity index is 1.26. The highest BCUT2D eigenvalue weighted by Crippen LogP contribution is 2.46. The maximum Gasteiger partial charge on any atom is 0.153 e. The Morgan fingerprint density at radius 2 is 1.16 bits per heavy atom. The van der Waals surface area contributed by atoms with E-state index in [1.807, 2.05) is 6.20 Å². The predicted molar refractivity (Wildman–Crippen MR) is 282 cm³/mol. The molecule has 5 nitrogen and oxygen atoms in total. The van der Waals surface area contributed by atoms with Gasteiger partial charge in [0.2, 0.25) is 0 Å². The van der Waals surface area contributed by atoms with Crippen LogP contribution >= 0.6 is 0 Å². The Bertz CT molecular complexity index is 3560. The highest BCUT2D eigenvalue weighted by atomic mass is 16.3. The van der Waals surface area contributed by atoms with Crippen molar-refractivity contribution in [1.82, 2.24) is 14.5 Å². The second-order valence-electron chi connectivity index (χ2n) is 22.6. The van der Waals surface area contributed by atoms with E-state index in [2.05, 4.69) is 227 Å². The van der Waals surface area contributed by atoms with Crippen LogP contribution in [-0.2, 0) is 21.7 Å². The Kier molecular flexibility index (Phi) is 10.2. The topological polar surface area (TPSA) is 64.1 Å². The van der Waals surface area contributed by atoms with Gasteiger partial charge in [-0.15, -0.1) is 0 Å². The van der Waals surface area contributed by atoms with Crippen molar-refractivity contribution in [3.63, 3.8) is 0 Å². The second-order valence-corrected chi connectivity index (χ2v) is 22.6. The van der Waals surface area contributed by atoms with Gasteiger partial charge in [-0.2, -0.15) is 0 Å². The molecule has 0 bridgehead atoms. The molecule has 0 spiro atoms. The zero-order valence-corrected chi connectivity index (χ0v) is 41.1. The summed E-state index contributed by atoms with van der Waals surface area (Å²) in [7, 11) is 0. The molecular formula is C62H61N3O2. The fourth-order valence-corrected chi connectivity index (χ4v) is 9.54. The van der Waals surface area contributed by atoms with E-state index in [-0.39, 0.29) is 27.4 Å². The van der Waals surface area contributed by atoms with Crippen molar-refractivity contribution in [1.29, 1.82) is 0 Å². The normalized spacial score (nSPS) is 12.8. The van der Waals surface area contributed by atoms with Crippen molar-refractivity contribution < 1.29 is 9.52 Å². The van der Waals surface area contributed by atoms with Crippen LogP contribution in [0.5, 0.6) is 5.75 Å². The SMILES string of the molecule is CC(C)(C)c1cc(-c2cc3c(cn2)oc2c4ccccc4ccc32)cc(-c2cccc3c2nc(-c2cc(C(C)(C)C)cc(C(C)(C)C)c2O)n3-c2ccc(C(C)(C)C)cc2-c2ccccc2)c1. The van der Waals surface area contributed by atoms with Crippen LogP contribution in [-0.4, -0.2) is 19.6 Å². The van der Waals surface area contributed by atoms with Crippen LogP contribution in [0.3, 0.4) is 0 Å². The number of phenols is 1. The number of phenolic OH excluding ortho intramolecular Hbond substituents is 1. The summed E-state index contributed by atoms with van der Waals surface area (Å²) in [6, 6.07) is 50.1. The van der Waals surface area contributed by atoms with Crippen LogP contribution in [0.25, 0.3) is 94.3 Å². The summed E-state index contributed by atoms with van der Waals surface area (Å²) in [6.07, 6.45) is 1.87. The quantitative estimate of drug-likeness (QED) is 0.187. The molecule has 7 aromatic carbocycles. The van der Waals surface area contributed by atoms with Crippen molar-refractivity contribution >= 4 is 43.7 Å². The summed E-state index contributed by atoms with van der Waals surface area (Å²) >= 11 is 0. The fraction of sp³-hybridized carbons (Fsp3) is 0.258. The van der Waals surface area contributed by atoms with Gasteiger partial charge in [-0.05, 0) is 103 Å². The van der Waals surface area contributed by atoms with E-state index in [1.165, 1.54) is 11.1 Å². The van der Waals surface area contributed by atoms with Crippen molar-refractivity contribution in [2.75, 3.05) is 0 Å². The minimum absolute atomic E-state index is 0.0791. The second kappa shape index (κ2) is 15.6. The molecule has 0 saturated heterocycles.